The number of aromatic nitrogens is 2. The van der Waals surface area contributed by atoms with Gasteiger partial charge in [-0.2, -0.15) is 9.97 Å². The van der Waals surface area contributed by atoms with Gasteiger partial charge >= 0.3 is 6.01 Å². The summed E-state index contributed by atoms with van der Waals surface area (Å²) in [6, 6.07) is 11.6. The molecule has 7 rings (SSSR count). The highest BCUT2D eigenvalue weighted by molar-refractivity contribution is 5.58. The van der Waals surface area contributed by atoms with E-state index in [9.17, 15) is 0 Å². The van der Waals surface area contributed by atoms with Crippen LogP contribution in [0.15, 0.2) is 24.3 Å². The summed E-state index contributed by atoms with van der Waals surface area (Å²) in [4.78, 5) is 18.1. The van der Waals surface area contributed by atoms with Crippen molar-refractivity contribution < 1.29 is 4.74 Å². The third-order valence-electron chi connectivity index (χ3n) is 10.2. The van der Waals surface area contributed by atoms with Crippen LogP contribution in [0.2, 0.25) is 0 Å². The molecule has 0 amide bonds. The lowest BCUT2D eigenvalue weighted by molar-refractivity contribution is 0.137. The zero-order valence-electron chi connectivity index (χ0n) is 23.5. The zero-order valence-corrected chi connectivity index (χ0v) is 23.5. The Hall–Kier alpha value is -2.38. The fourth-order valence-corrected chi connectivity index (χ4v) is 8.39. The number of fused-ring (bicyclic) bond motifs is 4. The van der Waals surface area contributed by atoms with Crippen LogP contribution in [0.5, 0.6) is 6.01 Å². The minimum Gasteiger partial charge on any atom is -0.462 e. The van der Waals surface area contributed by atoms with Gasteiger partial charge in [-0.15, -0.1) is 0 Å². The number of benzene rings is 1. The molecule has 4 atom stereocenters. The quantitative estimate of drug-likeness (QED) is 0.648. The normalized spacial score (nSPS) is 30.7. The Bertz CT molecular complexity index is 1170. The first-order valence-electron chi connectivity index (χ1n) is 15.1. The standard InChI is InChI=1S/C31H44N6O/c1-21(2)36-14-6-8-25(36)19-38-30-33-27-16-31(15-22-7-4-5-9-28(22)35(3)20-31)13-12-26(27)29(34-30)37-23-10-11-24(37)18-32-17-23/h4-5,7,9,21,23-25,32H,6,8,10-20H2,1-3H3/t23-,24+,25-,31+/m0/s1. The van der Waals surface area contributed by atoms with Gasteiger partial charge in [0.2, 0.25) is 0 Å². The number of rotatable bonds is 5. The third-order valence-corrected chi connectivity index (χ3v) is 10.2. The lowest BCUT2D eigenvalue weighted by Crippen LogP contribution is -2.53. The first kappa shape index (κ1) is 24.6. The highest BCUT2D eigenvalue weighted by Crippen LogP contribution is 2.47. The summed E-state index contributed by atoms with van der Waals surface area (Å²) in [7, 11) is 2.26. The Balaban J connectivity index is 1.21. The van der Waals surface area contributed by atoms with Crippen LogP contribution in [0.1, 0.15) is 62.8 Å². The summed E-state index contributed by atoms with van der Waals surface area (Å²) in [5.74, 6) is 1.19. The number of ether oxygens (including phenoxy) is 1. The zero-order chi connectivity index (χ0) is 25.9. The van der Waals surface area contributed by atoms with Crippen molar-refractivity contribution in [1.29, 1.82) is 0 Å². The number of nitrogens with zero attached hydrogens (tertiary/aromatic N) is 5. The Labute approximate surface area is 228 Å². The molecule has 7 nitrogen and oxygen atoms in total. The molecule has 3 fully saturated rings. The number of piperazine rings is 1. The summed E-state index contributed by atoms with van der Waals surface area (Å²) in [5.41, 5.74) is 5.73. The smallest absolute Gasteiger partial charge is 0.318 e. The van der Waals surface area contributed by atoms with Gasteiger partial charge in [-0.3, -0.25) is 4.90 Å². The number of hydrogen-bond donors (Lipinski definition) is 1. The van der Waals surface area contributed by atoms with Crippen molar-refractivity contribution >= 4 is 11.5 Å². The molecule has 4 aliphatic heterocycles. The number of anilines is 2. The van der Waals surface area contributed by atoms with Gasteiger partial charge in [-0.25, -0.2) is 0 Å². The summed E-state index contributed by atoms with van der Waals surface area (Å²) in [6.07, 6.45) is 9.36. The van der Waals surface area contributed by atoms with E-state index in [0.29, 0.717) is 36.8 Å². The summed E-state index contributed by atoms with van der Waals surface area (Å²) < 4.78 is 6.50. The van der Waals surface area contributed by atoms with E-state index in [1.54, 1.807) is 0 Å². The topological polar surface area (TPSA) is 56.8 Å². The molecule has 1 aromatic heterocycles. The van der Waals surface area contributed by atoms with Crippen LogP contribution >= 0.6 is 0 Å². The average molecular weight is 517 g/mol. The highest BCUT2D eigenvalue weighted by atomic mass is 16.5. The molecule has 3 saturated heterocycles. The van der Waals surface area contributed by atoms with Gasteiger partial charge in [-0.05, 0) is 88.8 Å². The predicted octanol–water partition coefficient (Wildman–Crippen LogP) is 3.84. The van der Waals surface area contributed by atoms with Gasteiger partial charge in [0.15, 0.2) is 0 Å². The van der Waals surface area contributed by atoms with E-state index in [4.69, 9.17) is 14.7 Å². The lowest BCUT2D eigenvalue weighted by atomic mass is 9.67. The molecular weight excluding hydrogens is 472 g/mol. The second kappa shape index (κ2) is 9.67. The van der Waals surface area contributed by atoms with E-state index in [-0.39, 0.29) is 5.41 Å². The maximum absolute atomic E-state index is 6.50. The monoisotopic (exact) mass is 516 g/mol. The van der Waals surface area contributed by atoms with Crippen molar-refractivity contribution in [2.24, 2.45) is 5.41 Å². The van der Waals surface area contributed by atoms with Crippen molar-refractivity contribution in [2.45, 2.75) is 89.4 Å². The lowest BCUT2D eigenvalue weighted by Gasteiger charge is -2.46. The summed E-state index contributed by atoms with van der Waals surface area (Å²) in [5, 5.41) is 3.65. The fraction of sp³-hybridized carbons (Fsp3) is 0.677. The molecule has 38 heavy (non-hydrogen) atoms. The maximum Gasteiger partial charge on any atom is 0.318 e. The minimum atomic E-state index is 0.224. The van der Waals surface area contributed by atoms with E-state index >= 15 is 0 Å². The van der Waals surface area contributed by atoms with Gasteiger partial charge in [0.1, 0.15) is 12.4 Å². The van der Waals surface area contributed by atoms with Crippen LogP contribution < -0.4 is 19.9 Å². The second-order valence-electron chi connectivity index (χ2n) is 13.0. The molecule has 1 spiro atoms. The maximum atomic E-state index is 6.50. The molecule has 0 saturated carbocycles. The molecule has 204 valence electrons. The van der Waals surface area contributed by atoms with Gasteiger partial charge in [0.25, 0.3) is 0 Å². The summed E-state index contributed by atoms with van der Waals surface area (Å²) in [6.45, 7) is 9.65. The average Bonchev–Trinajstić information content (AvgIpc) is 3.48. The molecule has 7 heteroatoms. The molecule has 0 radical (unpaired) electrons. The molecule has 1 aliphatic carbocycles. The van der Waals surface area contributed by atoms with Crippen molar-refractivity contribution in [3.8, 4) is 6.01 Å². The van der Waals surface area contributed by atoms with E-state index in [0.717, 1.165) is 38.9 Å². The summed E-state index contributed by atoms with van der Waals surface area (Å²) >= 11 is 0. The van der Waals surface area contributed by atoms with Crippen molar-refractivity contribution in [2.75, 3.05) is 49.6 Å². The third kappa shape index (κ3) is 4.26. The van der Waals surface area contributed by atoms with Gasteiger partial charge < -0.3 is 19.9 Å². The Morgan fingerprint density at radius 2 is 1.89 bits per heavy atom. The minimum absolute atomic E-state index is 0.224. The predicted molar refractivity (Wildman–Crippen MR) is 152 cm³/mol. The fourth-order valence-electron chi connectivity index (χ4n) is 8.39. The SMILES string of the molecule is CC(C)N1CCC[C@H]1COc1nc2c(c(N3[C@@H]4CC[C@H]3CNC4)n1)CC[C@@]1(Cc3ccccc3N(C)C1)C2. The number of nitrogens with one attached hydrogen (secondary N) is 1. The highest BCUT2D eigenvalue weighted by Gasteiger charge is 2.44. The Morgan fingerprint density at radius 3 is 2.71 bits per heavy atom. The van der Waals surface area contributed by atoms with Crippen LogP contribution in [-0.2, 0) is 19.3 Å². The molecule has 1 N–H and O–H groups in total. The Morgan fingerprint density at radius 1 is 1.08 bits per heavy atom. The molecule has 0 unspecified atom stereocenters. The van der Waals surface area contributed by atoms with Crippen molar-refractivity contribution in [3.63, 3.8) is 0 Å². The van der Waals surface area contributed by atoms with Crippen LogP contribution in [0.25, 0.3) is 0 Å². The molecule has 5 heterocycles. The van der Waals surface area contributed by atoms with Crippen LogP contribution in [0.3, 0.4) is 0 Å². The van der Waals surface area contributed by atoms with E-state index < -0.39 is 0 Å². The van der Waals surface area contributed by atoms with Crippen molar-refractivity contribution in [3.05, 3.63) is 41.1 Å². The Kier molecular flexibility index (Phi) is 6.27. The number of para-hydroxylation sites is 1. The van der Waals surface area contributed by atoms with Gasteiger partial charge in [0.05, 0.1) is 5.69 Å². The van der Waals surface area contributed by atoms with E-state index in [2.05, 4.69) is 65.2 Å². The van der Waals surface area contributed by atoms with E-state index in [1.165, 1.54) is 67.0 Å². The number of hydrogen-bond acceptors (Lipinski definition) is 7. The molecule has 2 aromatic rings. The van der Waals surface area contributed by atoms with E-state index in [1.807, 2.05) is 0 Å². The molecule has 2 bridgehead atoms. The van der Waals surface area contributed by atoms with Crippen molar-refractivity contribution in [1.82, 2.24) is 20.2 Å². The van der Waals surface area contributed by atoms with Crippen LogP contribution in [-0.4, -0.2) is 78.9 Å². The van der Waals surface area contributed by atoms with Crippen LogP contribution in [0, 0.1) is 5.41 Å². The first-order valence-corrected chi connectivity index (χ1v) is 15.1. The van der Waals surface area contributed by atoms with Gasteiger partial charge in [-0.1, -0.05) is 18.2 Å². The molecule has 1 aromatic carbocycles. The molecule has 5 aliphatic rings. The second-order valence-corrected chi connectivity index (χ2v) is 13.0. The van der Waals surface area contributed by atoms with Gasteiger partial charge in [0, 0.05) is 62.1 Å². The first-order chi connectivity index (χ1) is 18.5. The van der Waals surface area contributed by atoms with Crippen LogP contribution in [0.4, 0.5) is 11.5 Å². The largest absolute Gasteiger partial charge is 0.462 e. The number of likely N-dealkylation sites (tertiary alicyclic amines) is 1. The molecular formula is C31H44N6O.